The third-order valence-corrected chi connectivity index (χ3v) is 9.09. The third kappa shape index (κ3) is 3.54. The van der Waals surface area contributed by atoms with Crippen LogP contribution in [0.25, 0.3) is 0 Å². The monoisotopic (exact) mass is 434 g/mol. The van der Waals surface area contributed by atoms with Crippen LogP contribution in [0.1, 0.15) is 69.9 Å². The van der Waals surface area contributed by atoms with Crippen LogP contribution in [-0.4, -0.2) is 36.7 Å². The molecule has 32 heavy (non-hydrogen) atoms. The lowest BCUT2D eigenvalue weighted by atomic mass is 9.49. The minimum absolute atomic E-state index is 0.369. The summed E-state index contributed by atoms with van der Waals surface area (Å²) >= 11 is 0. The van der Waals surface area contributed by atoms with E-state index in [1.165, 1.54) is 61.2 Å². The van der Waals surface area contributed by atoms with Gasteiger partial charge in [-0.2, -0.15) is 0 Å². The molecule has 1 N–H and O–H groups in total. The molecule has 4 bridgehead atoms. The number of benzene rings is 1. The van der Waals surface area contributed by atoms with Gasteiger partial charge in [-0.05, 0) is 80.2 Å². The highest BCUT2D eigenvalue weighted by Gasteiger charge is 2.58. The first-order valence-electron chi connectivity index (χ1n) is 13.2. The summed E-state index contributed by atoms with van der Waals surface area (Å²) < 4.78 is 6.38. The van der Waals surface area contributed by atoms with E-state index in [4.69, 9.17) is 4.74 Å². The van der Waals surface area contributed by atoms with Crippen LogP contribution in [0.5, 0.6) is 0 Å². The van der Waals surface area contributed by atoms with Crippen LogP contribution in [0.3, 0.4) is 0 Å². The van der Waals surface area contributed by atoms with Gasteiger partial charge in [0.25, 0.3) is 0 Å². The van der Waals surface area contributed by atoms with Crippen LogP contribution in [0.4, 0.5) is 5.69 Å². The Bertz CT molecular complexity index is 862. The van der Waals surface area contributed by atoms with Crippen molar-refractivity contribution < 1.29 is 9.73 Å². The maximum atomic E-state index is 6.38. The number of aryl methyl sites for hydroxylation is 2. The van der Waals surface area contributed by atoms with E-state index < -0.39 is 0 Å². The zero-order valence-corrected chi connectivity index (χ0v) is 20.0. The van der Waals surface area contributed by atoms with Crippen molar-refractivity contribution in [3.63, 3.8) is 0 Å². The van der Waals surface area contributed by atoms with Gasteiger partial charge < -0.3 is 14.5 Å². The molecule has 172 valence electrons. The highest BCUT2D eigenvalue weighted by atomic mass is 16.5. The molecule has 4 saturated carbocycles. The number of hydrogen-bond donors (Lipinski definition) is 1. The molecule has 1 aromatic carbocycles. The summed E-state index contributed by atoms with van der Waals surface area (Å²) in [6, 6.07) is 7.25. The van der Waals surface area contributed by atoms with E-state index in [1.54, 1.807) is 0 Å². The van der Waals surface area contributed by atoms with Gasteiger partial charge in [0.1, 0.15) is 0 Å². The molecular weight excluding hydrogens is 394 g/mol. The smallest absolute Gasteiger partial charge is 0.341 e. The summed E-state index contributed by atoms with van der Waals surface area (Å²) in [5, 5.41) is 0. The van der Waals surface area contributed by atoms with Gasteiger partial charge in [-0.1, -0.05) is 32.0 Å². The molecule has 0 unspecified atom stereocenters. The van der Waals surface area contributed by atoms with Gasteiger partial charge in [-0.25, -0.2) is 4.99 Å². The van der Waals surface area contributed by atoms with Crippen molar-refractivity contribution in [1.29, 1.82) is 0 Å². The van der Waals surface area contributed by atoms with E-state index in [9.17, 15) is 0 Å². The van der Waals surface area contributed by atoms with Gasteiger partial charge in [0.15, 0.2) is 12.6 Å². The first-order chi connectivity index (χ1) is 15.7. The fourth-order valence-electron chi connectivity index (χ4n) is 7.96. The summed E-state index contributed by atoms with van der Waals surface area (Å²) in [5.74, 6) is 4.19. The van der Waals surface area contributed by atoms with Crippen LogP contribution >= 0.6 is 0 Å². The Morgan fingerprint density at radius 2 is 1.62 bits per heavy atom. The third-order valence-electron chi connectivity index (χ3n) is 9.09. The maximum Gasteiger partial charge on any atom is 0.341 e. The van der Waals surface area contributed by atoms with Crippen molar-refractivity contribution in [2.75, 3.05) is 24.7 Å². The molecule has 2 aliphatic heterocycles. The van der Waals surface area contributed by atoms with Gasteiger partial charge in [0, 0.05) is 31.1 Å². The quantitative estimate of drug-likeness (QED) is 0.707. The summed E-state index contributed by atoms with van der Waals surface area (Å²) in [5.41, 5.74) is 4.71. The Labute approximate surface area is 193 Å². The predicted octanol–water partition coefficient (Wildman–Crippen LogP) is 3.85. The Morgan fingerprint density at radius 1 is 0.969 bits per heavy atom. The molecule has 4 aliphatic carbocycles. The van der Waals surface area contributed by atoms with Crippen LogP contribution in [0.15, 0.2) is 30.6 Å². The molecule has 4 fully saturated rings. The Kier molecular flexibility index (Phi) is 5.23. The van der Waals surface area contributed by atoms with Crippen LogP contribution in [0.2, 0.25) is 0 Å². The Morgan fingerprint density at radius 3 is 2.25 bits per heavy atom. The molecule has 7 rings (SSSR count). The lowest BCUT2D eigenvalue weighted by Crippen LogP contribution is -2.80. The first-order valence-corrected chi connectivity index (χ1v) is 13.2. The number of nitrogens with one attached hydrogen (secondary N) is 1. The van der Waals surface area contributed by atoms with Crippen LogP contribution in [-0.2, 0) is 17.6 Å². The highest BCUT2D eigenvalue weighted by Crippen LogP contribution is 2.60. The van der Waals surface area contributed by atoms with Gasteiger partial charge in [-0.15, -0.1) is 0 Å². The molecular formula is C28H40N3O+. The lowest BCUT2D eigenvalue weighted by Gasteiger charge is -2.54. The van der Waals surface area contributed by atoms with Crippen molar-refractivity contribution >= 4 is 11.6 Å². The first kappa shape index (κ1) is 20.6. The van der Waals surface area contributed by atoms with E-state index in [0.717, 1.165) is 56.8 Å². The minimum atomic E-state index is 0.369. The van der Waals surface area contributed by atoms with E-state index in [-0.39, 0.29) is 0 Å². The Balaban J connectivity index is 1.08. The van der Waals surface area contributed by atoms with E-state index >= 15 is 0 Å². The molecule has 1 aromatic rings. The zero-order valence-electron chi connectivity index (χ0n) is 20.0. The minimum Gasteiger partial charge on any atom is -0.441 e. The highest BCUT2D eigenvalue weighted by molar-refractivity contribution is 5.78. The average molecular weight is 435 g/mol. The Hall–Kier alpha value is -1.97. The molecule has 4 heteroatoms. The van der Waals surface area contributed by atoms with Crippen molar-refractivity contribution in [3.05, 3.63) is 41.7 Å². The number of ether oxygens (including phenoxy) is 1. The maximum absolute atomic E-state index is 6.38. The molecule has 0 radical (unpaired) electrons. The summed E-state index contributed by atoms with van der Waals surface area (Å²) in [6.07, 6.45) is 16.5. The zero-order chi connectivity index (χ0) is 21.7. The molecule has 0 amide bonds. The van der Waals surface area contributed by atoms with E-state index in [0.29, 0.717) is 11.5 Å². The van der Waals surface area contributed by atoms with Crippen LogP contribution in [0, 0.1) is 23.2 Å². The number of rotatable bonds is 7. The predicted molar refractivity (Wildman–Crippen MR) is 129 cm³/mol. The topological polar surface area (TPSA) is 29.7 Å². The molecule has 4 nitrogen and oxygen atoms in total. The fraction of sp³-hybridized carbons (Fsp3) is 0.679. The molecule has 1 atom stereocenters. The van der Waals surface area contributed by atoms with Gasteiger partial charge in [-0.3, -0.25) is 0 Å². The summed E-state index contributed by atoms with van der Waals surface area (Å²) in [7, 11) is 0. The van der Waals surface area contributed by atoms with Crippen molar-refractivity contribution in [3.8, 4) is 0 Å². The van der Waals surface area contributed by atoms with Crippen molar-refractivity contribution in [2.24, 2.45) is 23.2 Å². The van der Waals surface area contributed by atoms with Gasteiger partial charge in [0.05, 0.1) is 12.1 Å². The lowest BCUT2D eigenvalue weighted by molar-refractivity contribution is -0.496. The largest absolute Gasteiger partial charge is 0.441 e. The number of anilines is 1. The summed E-state index contributed by atoms with van der Waals surface area (Å²) in [4.78, 5) is 8.80. The number of hydrogen-bond acceptors (Lipinski definition) is 3. The molecule has 2 heterocycles. The van der Waals surface area contributed by atoms with E-state index in [2.05, 4.69) is 59.2 Å². The summed E-state index contributed by atoms with van der Waals surface area (Å²) in [6.45, 7) is 7.43. The standard InChI is InChI=1S/C28H39N3O/c1-3-23-6-5-7-24(4-2)26(23)31-11-10-30(19-31)9-8-25-18-32-27(29-25)28-15-20-12-21(16-28)14-22(13-20)17-28/h5-7,10-11,20-22,25H,3-4,8-9,12-19H2,1-2H3/p+1/t20?,21?,22?,25-,28?/m0/s1. The second-order valence-corrected chi connectivity index (χ2v) is 11.3. The molecule has 0 saturated heterocycles. The van der Waals surface area contributed by atoms with Gasteiger partial charge >= 0.3 is 5.90 Å². The second kappa shape index (κ2) is 8.11. The van der Waals surface area contributed by atoms with Crippen molar-refractivity contribution in [1.82, 2.24) is 4.90 Å². The second-order valence-electron chi connectivity index (χ2n) is 11.3. The van der Waals surface area contributed by atoms with Crippen LogP contribution < -0.4 is 9.89 Å². The average Bonchev–Trinajstić information content (AvgIpc) is 3.46. The SMILES string of the molecule is CCc1cccc(CC)c1N1C=CN(CC[C@H]2COC(C34CC5CC(CC(C5)C3)C4)=[NH+]2)C1. The van der Waals surface area contributed by atoms with E-state index in [1.807, 2.05) is 0 Å². The number of para-hydroxylation sites is 1. The van der Waals surface area contributed by atoms with Gasteiger partial charge in [0.2, 0.25) is 0 Å². The normalized spacial score (nSPS) is 35.0. The molecule has 6 aliphatic rings. The molecule has 0 spiro atoms. The molecule has 0 aromatic heterocycles. The van der Waals surface area contributed by atoms with Crippen molar-refractivity contribution in [2.45, 2.75) is 77.7 Å². The number of nitrogens with zero attached hydrogens (tertiary/aromatic N) is 2. The fourth-order valence-corrected chi connectivity index (χ4v) is 7.96.